The van der Waals surface area contributed by atoms with Gasteiger partial charge < -0.3 is 29.7 Å². The molecule has 11 heteroatoms. The Kier molecular flexibility index (Phi) is 8.67. The van der Waals surface area contributed by atoms with Crippen molar-refractivity contribution in [2.75, 3.05) is 49.6 Å². The molecule has 38 heavy (non-hydrogen) atoms. The first-order chi connectivity index (χ1) is 18.0. The molecule has 0 radical (unpaired) electrons. The minimum Gasteiger partial charge on any atom is -0.472 e. The predicted octanol–water partition coefficient (Wildman–Crippen LogP) is 4.85. The lowest BCUT2D eigenvalue weighted by Gasteiger charge is -2.29. The summed E-state index contributed by atoms with van der Waals surface area (Å²) in [6.07, 6.45) is -5.93. The van der Waals surface area contributed by atoms with Crippen molar-refractivity contribution < 1.29 is 32.5 Å². The molecule has 0 aliphatic carbocycles. The SMILES string of the molecule is Cc1ccc(NC(=O)N2CC[C@@H](CC(F)(F)F)C2)cc1-c1cc(O[C@H](C)[C@@H](C)O)nc(N2CCOCC2)c1. The maximum absolute atomic E-state index is 12.8. The van der Waals surface area contributed by atoms with Crippen LogP contribution in [0.4, 0.5) is 29.5 Å². The summed E-state index contributed by atoms with van der Waals surface area (Å²) in [5.74, 6) is 0.520. The van der Waals surface area contributed by atoms with Crippen LogP contribution in [0.25, 0.3) is 11.1 Å². The number of rotatable bonds is 7. The Bertz CT molecular complexity index is 1120. The number of carbonyl (C=O) groups is 1. The molecule has 0 unspecified atom stereocenters. The molecule has 2 aliphatic rings. The molecule has 0 bridgehead atoms. The number of ether oxygens (including phenoxy) is 2. The third kappa shape index (κ3) is 7.28. The van der Waals surface area contributed by atoms with Gasteiger partial charge in [0.1, 0.15) is 11.9 Å². The molecule has 2 aliphatic heterocycles. The number of aliphatic hydroxyl groups is 1. The lowest BCUT2D eigenvalue weighted by molar-refractivity contribution is -0.143. The van der Waals surface area contributed by atoms with Crippen molar-refractivity contribution in [1.82, 2.24) is 9.88 Å². The summed E-state index contributed by atoms with van der Waals surface area (Å²) in [6.45, 7) is 8.30. The van der Waals surface area contributed by atoms with Crippen molar-refractivity contribution in [2.24, 2.45) is 5.92 Å². The highest BCUT2D eigenvalue weighted by molar-refractivity contribution is 5.90. The summed E-state index contributed by atoms with van der Waals surface area (Å²) in [5, 5.41) is 12.8. The number of aromatic nitrogens is 1. The zero-order valence-corrected chi connectivity index (χ0v) is 21.9. The van der Waals surface area contributed by atoms with Gasteiger partial charge in [0.05, 0.1) is 19.3 Å². The first-order valence-corrected chi connectivity index (χ1v) is 12.9. The third-order valence-corrected chi connectivity index (χ3v) is 7.00. The number of hydrogen-bond acceptors (Lipinski definition) is 6. The second-order valence-electron chi connectivity index (χ2n) is 10.1. The Hall–Kier alpha value is -3.05. The number of likely N-dealkylation sites (tertiary alicyclic amines) is 1. The molecule has 2 aromatic rings. The number of amides is 2. The van der Waals surface area contributed by atoms with Crippen LogP contribution in [0.15, 0.2) is 30.3 Å². The highest BCUT2D eigenvalue weighted by atomic mass is 19.4. The summed E-state index contributed by atoms with van der Waals surface area (Å²) < 4.78 is 49.7. The summed E-state index contributed by atoms with van der Waals surface area (Å²) in [7, 11) is 0. The van der Waals surface area contributed by atoms with Crippen molar-refractivity contribution in [3.8, 4) is 17.0 Å². The number of nitrogens with one attached hydrogen (secondary N) is 1. The fraction of sp³-hybridized carbons (Fsp3) is 0.556. The van der Waals surface area contributed by atoms with Gasteiger partial charge in [-0.3, -0.25) is 0 Å². The van der Waals surface area contributed by atoms with E-state index in [2.05, 4.69) is 15.2 Å². The van der Waals surface area contributed by atoms with E-state index < -0.39 is 36.8 Å². The van der Waals surface area contributed by atoms with Crippen LogP contribution < -0.4 is 15.0 Å². The number of pyridine rings is 1. The number of benzene rings is 1. The van der Waals surface area contributed by atoms with Gasteiger partial charge in [-0.25, -0.2) is 4.79 Å². The molecule has 208 valence electrons. The lowest BCUT2D eigenvalue weighted by atomic mass is 10.00. The summed E-state index contributed by atoms with van der Waals surface area (Å²) >= 11 is 0. The van der Waals surface area contributed by atoms with Crippen molar-refractivity contribution in [1.29, 1.82) is 0 Å². The first kappa shape index (κ1) is 28.0. The van der Waals surface area contributed by atoms with E-state index >= 15 is 0 Å². The average Bonchev–Trinajstić information content (AvgIpc) is 3.32. The zero-order chi connectivity index (χ0) is 27.4. The summed E-state index contributed by atoms with van der Waals surface area (Å²) in [6, 6.07) is 8.85. The number of morpholine rings is 1. The van der Waals surface area contributed by atoms with Gasteiger partial charge >= 0.3 is 12.2 Å². The van der Waals surface area contributed by atoms with E-state index in [0.29, 0.717) is 50.8 Å². The molecule has 8 nitrogen and oxygen atoms in total. The molecular formula is C27H35F3N4O4. The predicted molar refractivity (Wildman–Crippen MR) is 139 cm³/mol. The second-order valence-corrected chi connectivity index (χ2v) is 10.1. The van der Waals surface area contributed by atoms with E-state index in [1.807, 2.05) is 25.1 Å². The van der Waals surface area contributed by atoms with Gasteiger partial charge in [-0.2, -0.15) is 18.2 Å². The maximum atomic E-state index is 12.8. The van der Waals surface area contributed by atoms with Crippen LogP contribution in [0.3, 0.4) is 0 Å². The van der Waals surface area contributed by atoms with Crippen molar-refractivity contribution in [2.45, 2.75) is 52.0 Å². The number of urea groups is 1. The minimum absolute atomic E-state index is 0.0828. The summed E-state index contributed by atoms with van der Waals surface area (Å²) in [5.41, 5.74) is 3.18. The molecule has 0 spiro atoms. The van der Waals surface area contributed by atoms with Crippen LogP contribution in [0, 0.1) is 12.8 Å². The van der Waals surface area contributed by atoms with E-state index in [0.717, 1.165) is 22.5 Å². The molecule has 4 rings (SSSR count). The van der Waals surface area contributed by atoms with Crippen LogP contribution >= 0.6 is 0 Å². The van der Waals surface area contributed by atoms with Gasteiger partial charge in [-0.15, -0.1) is 0 Å². The zero-order valence-electron chi connectivity index (χ0n) is 21.9. The summed E-state index contributed by atoms with van der Waals surface area (Å²) in [4.78, 5) is 21.0. The Balaban J connectivity index is 1.56. The topological polar surface area (TPSA) is 87.2 Å². The molecule has 2 N–H and O–H groups in total. The lowest BCUT2D eigenvalue weighted by Crippen LogP contribution is -2.37. The van der Waals surface area contributed by atoms with Gasteiger partial charge in [0, 0.05) is 44.4 Å². The number of anilines is 2. The third-order valence-electron chi connectivity index (χ3n) is 7.00. The minimum atomic E-state index is -4.23. The van der Waals surface area contributed by atoms with Gasteiger partial charge in [0.2, 0.25) is 5.88 Å². The number of aryl methyl sites for hydroxylation is 1. The van der Waals surface area contributed by atoms with Crippen molar-refractivity contribution in [3.63, 3.8) is 0 Å². The Morgan fingerprint density at radius 2 is 1.95 bits per heavy atom. The van der Waals surface area contributed by atoms with E-state index in [9.17, 15) is 23.1 Å². The van der Waals surface area contributed by atoms with Crippen LogP contribution in [-0.4, -0.2) is 78.8 Å². The average molecular weight is 537 g/mol. The number of nitrogens with zero attached hydrogens (tertiary/aromatic N) is 3. The van der Waals surface area contributed by atoms with E-state index in [1.165, 1.54) is 4.90 Å². The Morgan fingerprint density at radius 1 is 1.21 bits per heavy atom. The molecule has 2 fully saturated rings. The van der Waals surface area contributed by atoms with Gasteiger partial charge in [-0.05, 0) is 68.0 Å². The quantitative estimate of drug-likeness (QED) is 0.526. The fourth-order valence-electron chi connectivity index (χ4n) is 4.67. The standard InChI is InChI=1S/C27H35F3N4O4/c1-17-4-5-22(31-26(36)34-7-6-20(16-34)15-27(28,29)30)14-23(17)21-12-24(33-8-10-37-11-9-33)32-25(13-21)38-19(3)18(2)35/h4-5,12-14,18-20,35H,6-11,15-16H2,1-3H3,(H,31,36)/t18-,19-,20+/m1/s1. The van der Waals surface area contributed by atoms with Crippen molar-refractivity contribution >= 4 is 17.5 Å². The highest BCUT2D eigenvalue weighted by Crippen LogP contribution is 2.34. The molecule has 2 amide bonds. The molecule has 0 saturated carbocycles. The normalized spacial score (nSPS) is 19.8. The largest absolute Gasteiger partial charge is 0.472 e. The van der Waals surface area contributed by atoms with Gasteiger partial charge in [0.25, 0.3) is 0 Å². The highest BCUT2D eigenvalue weighted by Gasteiger charge is 2.36. The first-order valence-electron chi connectivity index (χ1n) is 12.9. The number of carbonyl (C=O) groups excluding carboxylic acids is 1. The van der Waals surface area contributed by atoms with E-state index in [-0.39, 0.29) is 6.54 Å². The Labute approximate surface area is 220 Å². The monoisotopic (exact) mass is 536 g/mol. The van der Waals surface area contributed by atoms with E-state index in [4.69, 9.17) is 9.47 Å². The fourth-order valence-corrected chi connectivity index (χ4v) is 4.67. The number of alkyl halides is 3. The van der Waals surface area contributed by atoms with Crippen molar-refractivity contribution in [3.05, 3.63) is 35.9 Å². The van der Waals surface area contributed by atoms with Crippen LogP contribution in [0.5, 0.6) is 5.88 Å². The molecular weight excluding hydrogens is 501 g/mol. The molecule has 3 heterocycles. The molecule has 3 atom stereocenters. The number of aliphatic hydroxyl groups excluding tert-OH is 1. The van der Waals surface area contributed by atoms with Crippen LogP contribution in [0.2, 0.25) is 0 Å². The van der Waals surface area contributed by atoms with E-state index in [1.54, 1.807) is 26.0 Å². The van der Waals surface area contributed by atoms with Crippen LogP contribution in [-0.2, 0) is 4.74 Å². The molecule has 2 saturated heterocycles. The second kappa shape index (κ2) is 11.8. The molecule has 1 aromatic carbocycles. The van der Waals surface area contributed by atoms with Gasteiger partial charge in [0.15, 0.2) is 0 Å². The number of halogens is 3. The maximum Gasteiger partial charge on any atom is 0.389 e. The number of hydrogen-bond donors (Lipinski definition) is 2. The Morgan fingerprint density at radius 3 is 2.63 bits per heavy atom. The van der Waals surface area contributed by atoms with Gasteiger partial charge in [-0.1, -0.05) is 6.07 Å². The molecule has 1 aromatic heterocycles. The smallest absolute Gasteiger partial charge is 0.389 e. The van der Waals surface area contributed by atoms with Crippen LogP contribution in [0.1, 0.15) is 32.3 Å².